The summed E-state index contributed by atoms with van der Waals surface area (Å²) in [6.45, 7) is 0. The van der Waals surface area contributed by atoms with E-state index in [4.69, 9.17) is 5.11 Å². The van der Waals surface area contributed by atoms with Crippen molar-refractivity contribution in [2.24, 2.45) is 0 Å². The lowest BCUT2D eigenvalue weighted by atomic mass is 10.1. The van der Waals surface area contributed by atoms with Crippen LogP contribution in [-0.4, -0.2) is 20.5 Å². The number of carboxylic acid groups (broad SMARTS) is 1. The van der Waals surface area contributed by atoms with Gasteiger partial charge in [-0.15, -0.1) is 0 Å². The van der Waals surface area contributed by atoms with Gasteiger partial charge in [-0.3, -0.25) is 0 Å². The number of fused-ring (bicyclic) bond motifs is 1. The van der Waals surface area contributed by atoms with Crippen LogP contribution in [0, 0.1) is 0 Å². The maximum absolute atomic E-state index is 12.7. The van der Waals surface area contributed by atoms with Crippen molar-refractivity contribution in [3.8, 4) is 11.3 Å². The quantitative estimate of drug-likeness (QED) is 0.785. The minimum absolute atomic E-state index is 0.0699. The average Bonchev–Trinajstić information content (AvgIpc) is 2.89. The Balaban J connectivity index is 2.09. The molecular weight excluding hydrogens is 297 g/mol. The van der Waals surface area contributed by atoms with Crippen molar-refractivity contribution < 1.29 is 23.1 Å². The van der Waals surface area contributed by atoms with Crippen molar-refractivity contribution in [3.05, 3.63) is 59.9 Å². The first-order valence-corrected chi connectivity index (χ1v) is 6.24. The molecule has 2 heterocycles. The molecular formula is C15H9F3N2O2. The number of halogens is 3. The van der Waals surface area contributed by atoms with Crippen LogP contribution in [0.3, 0.4) is 0 Å². The molecule has 3 aromatic rings. The van der Waals surface area contributed by atoms with E-state index in [1.807, 2.05) is 0 Å². The number of benzene rings is 1. The van der Waals surface area contributed by atoms with E-state index in [9.17, 15) is 18.0 Å². The van der Waals surface area contributed by atoms with Crippen molar-refractivity contribution in [3.63, 3.8) is 0 Å². The van der Waals surface area contributed by atoms with Crippen molar-refractivity contribution in [1.82, 2.24) is 9.38 Å². The van der Waals surface area contributed by atoms with E-state index in [-0.39, 0.29) is 5.56 Å². The van der Waals surface area contributed by atoms with Crippen LogP contribution >= 0.6 is 0 Å². The normalized spacial score (nSPS) is 11.8. The van der Waals surface area contributed by atoms with Crippen LogP contribution in [-0.2, 0) is 6.18 Å². The number of carbonyl (C=O) groups is 1. The second-order valence-electron chi connectivity index (χ2n) is 4.69. The van der Waals surface area contributed by atoms with Crippen LogP contribution in [0.1, 0.15) is 15.9 Å². The number of imidazole rings is 1. The molecule has 0 fully saturated rings. The first-order chi connectivity index (χ1) is 10.3. The summed E-state index contributed by atoms with van der Waals surface area (Å²) < 4.78 is 39.7. The Morgan fingerprint density at radius 1 is 1.14 bits per heavy atom. The first-order valence-electron chi connectivity index (χ1n) is 6.24. The number of rotatable bonds is 2. The summed E-state index contributed by atoms with van der Waals surface area (Å²) in [6, 6.07) is 7.73. The van der Waals surface area contributed by atoms with Gasteiger partial charge >= 0.3 is 12.1 Å². The molecule has 4 nitrogen and oxygen atoms in total. The van der Waals surface area contributed by atoms with Gasteiger partial charge in [0.05, 0.1) is 16.8 Å². The van der Waals surface area contributed by atoms with Gasteiger partial charge in [-0.1, -0.05) is 12.1 Å². The highest BCUT2D eigenvalue weighted by molar-refractivity contribution is 5.87. The zero-order valence-electron chi connectivity index (χ0n) is 11.0. The van der Waals surface area contributed by atoms with Crippen molar-refractivity contribution >= 4 is 11.6 Å². The molecule has 112 valence electrons. The number of aromatic carboxylic acids is 1. The predicted molar refractivity (Wildman–Crippen MR) is 72.6 cm³/mol. The molecule has 0 aliphatic heterocycles. The summed E-state index contributed by atoms with van der Waals surface area (Å²) in [5.41, 5.74) is 0.426. The van der Waals surface area contributed by atoms with E-state index in [1.165, 1.54) is 41.1 Å². The SMILES string of the molecule is O=C(O)c1ccc2nc(-c3cccc(C(F)(F)F)c3)cn2c1. The molecule has 1 aromatic carbocycles. The number of nitrogens with zero attached hydrogens (tertiary/aromatic N) is 2. The molecule has 0 unspecified atom stereocenters. The third-order valence-electron chi connectivity index (χ3n) is 3.18. The molecule has 3 rings (SSSR count). The fourth-order valence-corrected chi connectivity index (χ4v) is 2.11. The summed E-state index contributed by atoms with van der Waals surface area (Å²) in [7, 11) is 0. The Morgan fingerprint density at radius 3 is 2.59 bits per heavy atom. The molecule has 0 saturated carbocycles. The van der Waals surface area contributed by atoms with Crippen LogP contribution < -0.4 is 0 Å². The minimum atomic E-state index is -4.42. The molecule has 0 amide bonds. The molecule has 1 N–H and O–H groups in total. The Morgan fingerprint density at radius 2 is 1.91 bits per heavy atom. The number of hydrogen-bond donors (Lipinski definition) is 1. The maximum Gasteiger partial charge on any atom is 0.416 e. The molecule has 7 heteroatoms. The van der Waals surface area contributed by atoms with E-state index in [2.05, 4.69) is 4.98 Å². The van der Waals surface area contributed by atoms with Gasteiger partial charge in [0, 0.05) is 18.0 Å². The van der Waals surface area contributed by atoms with Crippen LogP contribution in [0.25, 0.3) is 16.9 Å². The Labute approximate surface area is 122 Å². The molecule has 0 bridgehead atoms. The minimum Gasteiger partial charge on any atom is -0.478 e. The van der Waals surface area contributed by atoms with E-state index < -0.39 is 17.7 Å². The van der Waals surface area contributed by atoms with Crippen molar-refractivity contribution in [2.45, 2.75) is 6.18 Å². The van der Waals surface area contributed by atoms with Crippen molar-refractivity contribution in [2.75, 3.05) is 0 Å². The topological polar surface area (TPSA) is 54.6 Å². The zero-order valence-corrected chi connectivity index (χ0v) is 11.0. The highest BCUT2D eigenvalue weighted by atomic mass is 19.4. The van der Waals surface area contributed by atoms with Gasteiger partial charge in [0.1, 0.15) is 5.65 Å². The Hall–Kier alpha value is -2.83. The largest absolute Gasteiger partial charge is 0.478 e. The molecule has 0 aliphatic carbocycles. The van der Waals surface area contributed by atoms with Gasteiger partial charge in [0.2, 0.25) is 0 Å². The second kappa shape index (κ2) is 4.87. The second-order valence-corrected chi connectivity index (χ2v) is 4.69. The van der Waals surface area contributed by atoms with Crippen LogP contribution in [0.5, 0.6) is 0 Å². The molecule has 0 saturated heterocycles. The number of pyridine rings is 1. The van der Waals surface area contributed by atoms with E-state index in [0.717, 1.165) is 12.1 Å². The monoisotopic (exact) mass is 306 g/mol. The number of alkyl halides is 3. The van der Waals surface area contributed by atoms with Gasteiger partial charge in [0.15, 0.2) is 0 Å². The highest BCUT2D eigenvalue weighted by Gasteiger charge is 2.30. The molecule has 22 heavy (non-hydrogen) atoms. The molecule has 0 spiro atoms. The third-order valence-corrected chi connectivity index (χ3v) is 3.18. The lowest BCUT2D eigenvalue weighted by Crippen LogP contribution is -2.04. The molecule has 0 radical (unpaired) electrons. The predicted octanol–water partition coefficient (Wildman–Crippen LogP) is 3.72. The van der Waals surface area contributed by atoms with Crippen LogP contribution in [0.4, 0.5) is 13.2 Å². The summed E-state index contributed by atoms with van der Waals surface area (Å²) in [5, 5.41) is 8.94. The fraction of sp³-hybridized carbons (Fsp3) is 0.0667. The number of carboxylic acids is 1. The van der Waals surface area contributed by atoms with E-state index in [0.29, 0.717) is 16.9 Å². The van der Waals surface area contributed by atoms with E-state index in [1.54, 1.807) is 0 Å². The van der Waals surface area contributed by atoms with Crippen LogP contribution in [0.15, 0.2) is 48.8 Å². The lowest BCUT2D eigenvalue weighted by molar-refractivity contribution is -0.137. The van der Waals surface area contributed by atoms with Gasteiger partial charge in [-0.05, 0) is 24.3 Å². The zero-order chi connectivity index (χ0) is 15.9. The lowest BCUT2D eigenvalue weighted by Gasteiger charge is -2.07. The smallest absolute Gasteiger partial charge is 0.416 e. The summed E-state index contributed by atoms with van der Waals surface area (Å²) >= 11 is 0. The van der Waals surface area contributed by atoms with Crippen LogP contribution in [0.2, 0.25) is 0 Å². The molecule has 0 atom stereocenters. The maximum atomic E-state index is 12.7. The van der Waals surface area contributed by atoms with Gasteiger partial charge in [-0.2, -0.15) is 13.2 Å². The number of aromatic nitrogens is 2. The fourth-order valence-electron chi connectivity index (χ4n) is 2.11. The van der Waals surface area contributed by atoms with E-state index >= 15 is 0 Å². The Kier molecular flexibility index (Phi) is 3.13. The summed E-state index contributed by atoms with van der Waals surface area (Å²) in [6.07, 6.45) is -1.56. The molecule has 2 aromatic heterocycles. The first kappa shape index (κ1) is 14.1. The highest BCUT2D eigenvalue weighted by Crippen LogP contribution is 2.32. The number of hydrogen-bond acceptors (Lipinski definition) is 2. The van der Waals surface area contributed by atoms with Gasteiger partial charge in [0.25, 0.3) is 0 Å². The van der Waals surface area contributed by atoms with Crippen molar-refractivity contribution in [1.29, 1.82) is 0 Å². The summed E-state index contributed by atoms with van der Waals surface area (Å²) in [5.74, 6) is -1.09. The third kappa shape index (κ3) is 2.52. The molecule has 0 aliphatic rings. The average molecular weight is 306 g/mol. The summed E-state index contributed by atoms with van der Waals surface area (Å²) in [4.78, 5) is 15.1. The Bertz CT molecular complexity index is 869. The van der Waals surface area contributed by atoms with Gasteiger partial charge in [-0.25, -0.2) is 9.78 Å². The van der Waals surface area contributed by atoms with Gasteiger partial charge < -0.3 is 9.51 Å². The standard InChI is InChI=1S/C15H9F3N2O2/c16-15(17,18)11-3-1-2-9(6-11)12-8-20-7-10(14(21)22)4-5-13(20)19-12/h1-8H,(H,21,22).